The summed E-state index contributed by atoms with van der Waals surface area (Å²) in [5.74, 6) is 1.71. The van der Waals surface area contributed by atoms with Gasteiger partial charge in [-0.25, -0.2) is 9.48 Å². The van der Waals surface area contributed by atoms with Crippen molar-refractivity contribution in [3.05, 3.63) is 46.1 Å². The van der Waals surface area contributed by atoms with E-state index in [9.17, 15) is 4.79 Å². The number of anilines is 1. The third-order valence-electron chi connectivity index (χ3n) is 4.06. The molecule has 0 saturated heterocycles. The summed E-state index contributed by atoms with van der Waals surface area (Å²) in [7, 11) is 0. The number of carbonyl (C=O) groups is 1. The lowest BCUT2D eigenvalue weighted by Gasteiger charge is -2.28. The fourth-order valence-corrected chi connectivity index (χ4v) is 3.77. The summed E-state index contributed by atoms with van der Waals surface area (Å²) in [6.45, 7) is 8.27. The van der Waals surface area contributed by atoms with Crippen molar-refractivity contribution in [2.75, 3.05) is 17.7 Å². The van der Waals surface area contributed by atoms with E-state index in [0.717, 1.165) is 11.3 Å². The van der Waals surface area contributed by atoms with Gasteiger partial charge in [0.1, 0.15) is 6.04 Å². The van der Waals surface area contributed by atoms with Crippen molar-refractivity contribution >= 4 is 35.3 Å². The van der Waals surface area contributed by atoms with Crippen LogP contribution < -0.4 is 5.32 Å². The predicted octanol–water partition coefficient (Wildman–Crippen LogP) is 4.53. The van der Waals surface area contributed by atoms with Crippen LogP contribution in [0.15, 0.2) is 40.7 Å². The fourth-order valence-electron chi connectivity index (χ4n) is 2.86. The van der Waals surface area contributed by atoms with Crippen LogP contribution in [0.1, 0.15) is 39.3 Å². The number of aromatic nitrogens is 3. The molecule has 0 aliphatic carbocycles. The van der Waals surface area contributed by atoms with Gasteiger partial charge in [0.05, 0.1) is 12.2 Å². The van der Waals surface area contributed by atoms with Gasteiger partial charge in [-0.3, -0.25) is 0 Å². The second-order valence-corrected chi connectivity index (χ2v) is 8.13. The zero-order chi connectivity index (χ0) is 19.6. The molecule has 144 valence electrons. The van der Waals surface area contributed by atoms with Crippen LogP contribution in [0, 0.1) is 5.92 Å². The normalized spacial score (nSPS) is 16.3. The van der Waals surface area contributed by atoms with Crippen molar-refractivity contribution in [1.82, 2.24) is 14.8 Å². The molecule has 0 radical (unpaired) electrons. The van der Waals surface area contributed by atoms with Gasteiger partial charge in [0.25, 0.3) is 0 Å². The van der Waals surface area contributed by atoms with Gasteiger partial charge in [-0.2, -0.15) is 4.98 Å². The number of nitrogens with zero attached hydrogens (tertiary/aromatic N) is 3. The first-order valence-corrected chi connectivity index (χ1v) is 10.3. The van der Waals surface area contributed by atoms with Gasteiger partial charge in [0.2, 0.25) is 11.1 Å². The first kappa shape index (κ1) is 19.8. The number of hydrogen-bond acceptors (Lipinski definition) is 6. The highest BCUT2D eigenvalue weighted by Crippen LogP contribution is 2.37. The standard InChI is InChI=1S/C19H23ClN4O2S/c1-5-26-17(25)15-12(4)21-18-22-19(27-10-11(2)3)23-24(18)16(15)13-6-8-14(20)9-7-13/h6-9,11,16H,5,10H2,1-4H3,(H,21,22,23)/t16-/m1/s1. The monoisotopic (exact) mass is 406 g/mol. The number of allylic oxidation sites excluding steroid dienone is 1. The molecule has 1 atom stereocenters. The Bertz CT molecular complexity index is 861. The number of hydrogen-bond donors (Lipinski definition) is 1. The summed E-state index contributed by atoms with van der Waals surface area (Å²) < 4.78 is 7.05. The van der Waals surface area contributed by atoms with E-state index in [2.05, 4.69) is 29.2 Å². The molecular weight excluding hydrogens is 384 g/mol. The average molecular weight is 407 g/mol. The Morgan fingerprint density at radius 2 is 2.07 bits per heavy atom. The lowest BCUT2D eigenvalue weighted by molar-refractivity contribution is -0.139. The SMILES string of the molecule is CCOC(=O)C1=C(C)Nc2nc(SCC(C)C)nn2[C@@H]1c1ccc(Cl)cc1. The van der Waals surface area contributed by atoms with Gasteiger partial charge in [0, 0.05) is 16.5 Å². The molecule has 0 amide bonds. The third-order valence-corrected chi connectivity index (χ3v) is 5.58. The van der Waals surface area contributed by atoms with Crippen molar-refractivity contribution in [3.63, 3.8) is 0 Å². The number of rotatable bonds is 6. The van der Waals surface area contributed by atoms with Crippen LogP contribution in [0.4, 0.5) is 5.95 Å². The number of ether oxygens (including phenoxy) is 1. The summed E-state index contributed by atoms with van der Waals surface area (Å²) in [4.78, 5) is 17.3. The minimum Gasteiger partial charge on any atom is -0.463 e. The van der Waals surface area contributed by atoms with Crippen LogP contribution in [0.25, 0.3) is 0 Å². The topological polar surface area (TPSA) is 69.0 Å². The second-order valence-electron chi connectivity index (χ2n) is 6.71. The smallest absolute Gasteiger partial charge is 0.338 e. The molecule has 2 heterocycles. The molecule has 1 aromatic carbocycles. The highest BCUT2D eigenvalue weighted by Gasteiger charge is 2.35. The van der Waals surface area contributed by atoms with E-state index in [1.165, 1.54) is 0 Å². The second kappa shape index (κ2) is 8.35. The Labute approximate surface area is 168 Å². The number of esters is 1. The zero-order valence-electron chi connectivity index (χ0n) is 15.8. The molecule has 0 bridgehead atoms. The van der Waals surface area contributed by atoms with Gasteiger partial charge >= 0.3 is 5.97 Å². The summed E-state index contributed by atoms with van der Waals surface area (Å²) >= 11 is 7.65. The molecule has 6 nitrogen and oxygen atoms in total. The number of halogens is 1. The van der Waals surface area contributed by atoms with Gasteiger partial charge in [-0.05, 0) is 37.5 Å². The molecule has 1 N–H and O–H groups in total. The Hall–Kier alpha value is -1.99. The van der Waals surface area contributed by atoms with E-state index >= 15 is 0 Å². The van der Waals surface area contributed by atoms with E-state index in [4.69, 9.17) is 16.3 Å². The first-order valence-electron chi connectivity index (χ1n) is 8.90. The van der Waals surface area contributed by atoms with E-state index in [-0.39, 0.29) is 5.97 Å². The Kier molecular flexibility index (Phi) is 6.11. The predicted molar refractivity (Wildman–Crippen MR) is 108 cm³/mol. The van der Waals surface area contributed by atoms with Crippen LogP contribution in [0.3, 0.4) is 0 Å². The number of nitrogens with one attached hydrogen (secondary N) is 1. The Balaban J connectivity index is 2.05. The van der Waals surface area contributed by atoms with Crippen molar-refractivity contribution in [3.8, 4) is 0 Å². The first-order chi connectivity index (χ1) is 12.9. The molecule has 0 spiro atoms. The minimum absolute atomic E-state index is 0.308. The molecule has 0 saturated carbocycles. The number of fused-ring (bicyclic) bond motifs is 1. The summed E-state index contributed by atoms with van der Waals surface area (Å²) in [6, 6.07) is 7.00. The average Bonchev–Trinajstić information content (AvgIpc) is 3.02. The van der Waals surface area contributed by atoms with Crippen molar-refractivity contribution in [2.45, 2.75) is 38.9 Å². The van der Waals surface area contributed by atoms with Crippen LogP contribution in [0.5, 0.6) is 0 Å². The van der Waals surface area contributed by atoms with Crippen molar-refractivity contribution < 1.29 is 9.53 Å². The molecule has 0 fully saturated rings. The molecular formula is C19H23ClN4O2S. The molecule has 0 unspecified atom stereocenters. The van der Waals surface area contributed by atoms with Gasteiger partial charge < -0.3 is 10.1 Å². The largest absolute Gasteiger partial charge is 0.463 e. The van der Waals surface area contributed by atoms with Crippen LogP contribution in [0.2, 0.25) is 5.02 Å². The van der Waals surface area contributed by atoms with E-state index in [0.29, 0.717) is 39.9 Å². The number of carbonyl (C=O) groups excluding carboxylic acids is 1. The zero-order valence-corrected chi connectivity index (χ0v) is 17.4. The quantitative estimate of drug-likeness (QED) is 0.561. The van der Waals surface area contributed by atoms with Crippen LogP contribution in [-0.4, -0.2) is 33.1 Å². The third kappa shape index (κ3) is 4.30. The van der Waals surface area contributed by atoms with E-state index in [1.54, 1.807) is 23.4 Å². The van der Waals surface area contributed by atoms with Crippen LogP contribution >= 0.6 is 23.4 Å². The molecule has 3 rings (SSSR count). The molecule has 1 aromatic heterocycles. The van der Waals surface area contributed by atoms with Crippen LogP contribution in [-0.2, 0) is 9.53 Å². The highest BCUT2D eigenvalue weighted by atomic mass is 35.5. The molecule has 1 aliphatic rings. The van der Waals surface area contributed by atoms with Gasteiger partial charge in [0.15, 0.2) is 0 Å². The Morgan fingerprint density at radius 3 is 2.70 bits per heavy atom. The van der Waals surface area contributed by atoms with E-state index < -0.39 is 6.04 Å². The number of benzene rings is 1. The molecule has 2 aromatic rings. The Morgan fingerprint density at radius 1 is 1.37 bits per heavy atom. The molecule has 1 aliphatic heterocycles. The molecule has 8 heteroatoms. The maximum absolute atomic E-state index is 12.7. The lowest BCUT2D eigenvalue weighted by Crippen LogP contribution is -2.29. The van der Waals surface area contributed by atoms with Gasteiger partial charge in [-0.1, -0.05) is 49.3 Å². The van der Waals surface area contributed by atoms with E-state index in [1.807, 2.05) is 31.2 Å². The van der Waals surface area contributed by atoms with Gasteiger partial charge in [-0.15, -0.1) is 5.10 Å². The van der Waals surface area contributed by atoms with Crippen molar-refractivity contribution in [2.24, 2.45) is 5.92 Å². The summed E-state index contributed by atoms with van der Waals surface area (Å²) in [5, 5.41) is 9.18. The highest BCUT2D eigenvalue weighted by molar-refractivity contribution is 7.99. The summed E-state index contributed by atoms with van der Waals surface area (Å²) in [5.41, 5.74) is 2.14. The molecule has 27 heavy (non-hydrogen) atoms. The number of thioether (sulfide) groups is 1. The maximum Gasteiger partial charge on any atom is 0.338 e. The fraction of sp³-hybridized carbons (Fsp3) is 0.421. The maximum atomic E-state index is 12.7. The van der Waals surface area contributed by atoms with Crippen molar-refractivity contribution in [1.29, 1.82) is 0 Å². The summed E-state index contributed by atoms with van der Waals surface area (Å²) in [6.07, 6.45) is 0. The lowest BCUT2D eigenvalue weighted by atomic mass is 9.96. The minimum atomic E-state index is -0.418.